The predicted octanol–water partition coefficient (Wildman–Crippen LogP) is 3.96. The molecule has 2 N–H and O–H groups in total. The van der Waals surface area contributed by atoms with Gasteiger partial charge < -0.3 is 9.84 Å². The van der Waals surface area contributed by atoms with Crippen molar-refractivity contribution in [3.63, 3.8) is 0 Å². The molecule has 0 aromatic heterocycles. The molecule has 2 unspecified atom stereocenters. The number of nitrogens with zero attached hydrogens (tertiary/aromatic N) is 1. The van der Waals surface area contributed by atoms with Gasteiger partial charge >= 0.3 is 0 Å². The van der Waals surface area contributed by atoms with Gasteiger partial charge in [-0.05, 0) is 46.9 Å². The topological polar surface area (TPSA) is 78.9 Å². The van der Waals surface area contributed by atoms with Crippen LogP contribution in [0.15, 0.2) is 66.7 Å². The van der Waals surface area contributed by atoms with Crippen LogP contribution in [0, 0.1) is 11.8 Å². The van der Waals surface area contributed by atoms with Gasteiger partial charge in [-0.1, -0.05) is 54.6 Å². The van der Waals surface area contributed by atoms with Crippen LogP contribution in [0.5, 0.6) is 0 Å². The molecule has 3 aromatic rings. The Morgan fingerprint density at radius 3 is 2.50 bits per heavy atom. The Morgan fingerprint density at radius 1 is 1.03 bits per heavy atom. The normalized spacial score (nSPS) is 25.0. The number of hydrogen-bond donors (Lipinski definition) is 2. The Bertz CT molecular complexity index is 1260. The zero-order valence-electron chi connectivity index (χ0n) is 19.5. The molecule has 1 saturated carbocycles. The number of ether oxygens (including phenoxy) is 1. The maximum absolute atomic E-state index is 12.3. The van der Waals surface area contributed by atoms with Crippen molar-refractivity contribution >= 4 is 26.5 Å². The first-order chi connectivity index (χ1) is 16.4. The van der Waals surface area contributed by atoms with Crippen molar-refractivity contribution in [2.24, 2.45) is 11.8 Å². The van der Waals surface area contributed by atoms with E-state index in [2.05, 4.69) is 52.1 Å². The van der Waals surface area contributed by atoms with E-state index >= 15 is 0 Å². The van der Waals surface area contributed by atoms with Crippen LogP contribution in [-0.4, -0.2) is 51.0 Å². The molecule has 2 fully saturated rings. The molecule has 1 aliphatic carbocycles. The number of nitrogens with one attached hydrogen (secondary N) is 1. The highest BCUT2D eigenvalue weighted by Crippen LogP contribution is 2.51. The smallest absolute Gasteiger partial charge is 0.234 e. The Hall–Kier alpha value is -2.45. The van der Waals surface area contributed by atoms with Gasteiger partial charge in [0.05, 0.1) is 18.0 Å². The Balaban J connectivity index is 1.34. The summed E-state index contributed by atoms with van der Waals surface area (Å²) in [5.41, 5.74) is 1.66. The molecule has 0 amide bonds. The lowest BCUT2D eigenvalue weighted by atomic mass is 9.75. The third-order valence-electron chi connectivity index (χ3n) is 7.49. The Kier molecular flexibility index (Phi) is 6.37. The summed E-state index contributed by atoms with van der Waals surface area (Å²) < 4.78 is 32.2. The van der Waals surface area contributed by atoms with Crippen molar-refractivity contribution in [1.29, 1.82) is 0 Å². The quantitative estimate of drug-likeness (QED) is 0.510. The maximum Gasteiger partial charge on any atom is 0.234 e. The second-order valence-electron chi connectivity index (χ2n) is 9.62. The maximum atomic E-state index is 12.3. The summed E-state index contributed by atoms with van der Waals surface area (Å²) >= 11 is 0. The molecule has 34 heavy (non-hydrogen) atoms. The Morgan fingerprint density at radius 2 is 1.74 bits per heavy atom. The lowest BCUT2D eigenvalue weighted by Gasteiger charge is -2.45. The lowest BCUT2D eigenvalue weighted by molar-refractivity contribution is -0.0913. The van der Waals surface area contributed by atoms with E-state index in [9.17, 15) is 13.5 Å². The summed E-state index contributed by atoms with van der Waals surface area (Å²) in [5.74, 6) is 0.120. The molecule has 0 radical (unpaired) electrons. The zero-order valence-corrected chi connectivity index (χ0v) is 20.3. The molecular formula is C27H32N2O4S. The number of piperidine rings is 1. The van der Waals surface area contributed by atoms with E-state index in [1.165, 1.54) is 23.4 Å². The average Bonchev–Trinajstić information content (AvgIpc) is 3.00. The highest BCUT2D eigenvalue weighted by Gasteiger charge is 2.53. The third-order valence-corrected chi connectivity index (χ3v) is 8.74. The second-order valence-corrected chi connectivity index (χ2v) is 11.5. The molecule has 1 aliphatic heterocycles. The minimum absolute atomic E-state index is 0.105. The number of rotatable bonds is 8. The van der Waals surface area contributed by atoms with Crippen LogP contribution in [0.2, 0.25) is 0 Å². The van der Waals surface area contributed by atoms with Crippen LogP contribution >= 0.6 is 0 Å². The van der Waals surface area contributed by atoms with Crippen LogP contribution in [0.1, 0.15) is 24.0 Å². The lowest BCUT2D eigenvalue weighted by Crippen LogP contribution is -2.51. The minimum Gasteiger partial charge on any atom is -0.384 e. The van der Waals surface area contributed by atoms with Crippen molar-refractivity contribution in [3.8, 4) is 0 Å². The van der Waals surface area contributed by atoms with Gasteiger partial charge in [-0.3, -0.25) is 9.62 Å². The number of benzene rings is 3. The molecule has 1 saturated heterocycles. The number of fused-ring (bicyclic) bond motifs is 3. The van der Waals surface area contributed by atoms with Gasteiger partial charge in [-0.2, -0.15) is 0 Å². The molecule has 0 spiro atoms. The van der Waals surface area contributed by atoms with Crippen molar-refractivity contribution in [2.45, 2.75) is 25.0 Å². The van der Waals surface area contributed by atoms with Crippen LogP contribution < -0.4 is 4.72 Å². The molecule has 2 aliphatic rings. The fraction of sp³-hybridized carbons (Fsp3) is 0.407. The molecule has 5 rings (SSSR count). The predicted molar refractivity (Wildman–Crippen MR) is 135 cm³/mol. The highest BCUT2D eigenvalue weighted by molar-refractivity contribution is 7.92. The van der Waals surface area contributed by atoms with Crippen molar-refractivity contribution in [3.05, 3.63) is 77.9 Å². The van der Waals surface area contributed by atoms with Gasteiger partial charge in [-0.25, -0.2) is 8.42 Å². The number of methoxy groups -OCH3 is 1. The van der Waals surface area contributed by atoms with Gasteiger partial charge in [0, 0.05) is 44.3 Å². The zero-order chi connectivity index (χ0) is 23.8. The van der Waals surface area contributed by atoms with Gasteiger partial charge in [0.15, 0.2) is 0 Å². The molecule has 2 atom stereocenters. The standard InChI is InChI=1S/C27H32N2O4S/c1-33-14-15-34(31,32)28-25-10-5-9-22(16-25)27(30)23-12-13-24(27)19-29(18-23)17-21-8-4-7-20-6-2-3-11-26(20)21/h2-11,16,23-24,28,30H,12-15,17-19H2,1H3. The minimum atomic E-state index is -3.50. The van der Waals surface area contributed by atoms with Gasteiger partial charge in [0.2, 0.25) is 10.0 Å². The number of sulfonamides is 1. The molecule has 180 valence electrons. The van der Waals surface area contributed by atoms with Crippen LogP contribution in [0.25, 0.3) is 10.8 Å². The summed E-state index contributed by atoms with van der Waals surface area (Å²) in [4.78, 5) is 2.47. The first-order valence-corrected chi connectivity index (χ1v) is 13.6. The second kappa shape index (κ2) is 9.30. The van der Waals surface area contributed by atoms with Gasteiger partial charge in [-0.15, -0.1) is 0 Å². The molecule has 6 nitrogen and oxygen atoms in total. The number of aliphatic hydroxyl groups is 1. The fourth-order valence-electron chi connectivity index (χ4n) is 5.86. The molecule has 1 heterocycles. The van der Waals surface area contributed by atoms with E-state index in [0.29, 0.717) is 5.69 Å². The van der Waals surface area contributed by atoms with Crippen LogP contribution in [0.4, 0.5) is 5.69 Å². The molecule has 3 aromatic carbocycles. The van der Waals surface area contributed by atoms with E-state index in [-0.39, 0.29) is 24.2 Å². The summed E-state index contributed by atoms with van der Waals surface area (Å²) in [6.45, 7) is 2.64. The number of likely N-dealkylation sites (tertiary alicyclic amines) is 1. The summed E-state index contributed by atoms with van der Waals surface area (Å²) in [6.07, 6.45) is 1.94. The summed E-state index contributed by atoms with van der Waals surface area (Å²) in [6, 6.07) is 22.2. The Labute approximate surface area is 201 Å². The molecule has 2 bridgehead atoms. The largest absolute Gasteiger partial charge is 0.384 e. The average molecular weight is 481 g/mol. The molecule has 7 heteroatoms. The summed E-state index contributed by atoms with van der Waals surface area (Å²) in [7, 11) is -2.02. The van der Waals surface area contributed by atoms with Crippen molar-refractivity contribution < 1.29 is 18.3 Å². The fourth-order valence-corrected chi connectivity index (χ4v) is 6.84. The van der Waals surface area contributed by atoms with Crippen LogP contribution in [0.3, 0.4) is 0 Å². The third kappa shape index (κ3) is 4.45. The first-order valence-electron chi connectivity index (χ1n) is 11.9. The summed E-state index contributed by atoms with van der Waals surface area (Å²) in [5, 5.41) is 14.5. The monoisotopic (exact) mass is 480 g/mol. The highest BCUT2D eigenvalue weighted by atomic mass is 32.2. The van der Waals surface area contributed by atoms with E-state index in [0.717, 1.165) is 38.0 Å². The van der Waals surface area contributed by atoms with E-state index < -0.39 is 15.6 Å². The number of hydrogen-bond acceptors (Lipinski definition) is 5. The first kappa shape index (κ1) is 23.3. The SMILES string of the molecule is COCCS(=O)(=O)Nc1cccc(C2(O)C3CCC2CN(Cc2cccc4ccccc24)C3)c1. The van der Waals surface area contributed by atoms with E-state index in [1.807, 2.05) is 12.1 Å². The molecular weight excluding hydrogens is 448 g/mol. The van der Waals surface area contributed by atoms with E-state index in [1.54, 1.807) is 12.1 Å². The van der Waals surface area contributed by atoms with Gasteiger partial charge in [0.25, 0.3) is 0 Å². The van der Waals surface area contributed by atoms with Crippen molar-refractivity contribution in [2.75, 3.05) is 37.3 Å². The van der Waals surface area contributed by atoms with Crippen molar-refractivity contribution in [1.82, 2.24) is 4.90 Å². The number of anilines is 1. The van der Waals surface area contributed by atoms with Gasteiger partial charge in [0.1, 0.15) is 0 Å². The van der Waals surface area contributed by atoms with Crippen LogP contribution in [-0.2, 0) is 26.9 Å². The van der Waals surface area contributed by atoms with E-state index in [4.69, 9.17) is 4.74 Å².